The molecule has 0 amide bonds. The number of alkyl halides is 3. The largest absolute Gasteiger partial charge is 0.405 e. The molecule has 1 rings (SSSR count). The van der Waals surface area contributed by atoms with Gasteiger partial charge in [0.1, 0.15) is 6.54 Å². The lowest BCUT2D eigenvalue weighted by Crippen LogP contribution is -2.36. The van der Waals surface area contributed by atoms with Crippen LogP contribution in [0.4, 0.5) is 19.0 Å². The third-order valence-corrected chi connectivity index (χ3v) is 2.02. The summed E-state index contributed by atoms with van der Waals surface area (Å²) in [5.74, 6) is -0.292. The molecule has 0 aromatic carbocycles. The van der Waals surface area contributed by atoms with Crippen LogP contribution >= 0.6 is 0 Å². The first-order chi connectivity index (χ1) is 7.61. The Bertz CT molecular complexity index is 445. The fraction of sp³-hybridized carbons (Fsp3) is 0.600. The van der Waals surface area contributed by atoms with Gasteiger partial charge in [-0.15, -0.1) is 0 Å². The summed E-state index contributed by atoms with van der Waals surface area (Å²) in [6.07, 6.45) is -1.64. The number of anilines is 1. The Labute approximate surface area is 96.5 Å². The number of nitrogens with zero attached hydrogens (tertiary/aromatic N) is 2. The number of aromatic nitrogens is 2. The molecule has 17 heavy (non-hydrogen) atoms. The number of nitrogens with one attached hydrogen (secondary N) is 1. The summed E-state index contributed by atoms with van der Waals surface area (Å²) in [4.78, 5) is 15.4. The van der Waals surface area contributed by atoms with Gasteiger partial charge in [0.25, 0.3) is 5.56 Å². The normalized spacial score (nSPS) is 12.6. The van der Waals surface area contributed by atoms with Crippen LogP contribution in [-0.2, 0) is 5.54 Å². The Kier molecular flexibility index (Phi) is 3.49. The molecule has 96 valence electrons. The minimum absolute atomic E-state index is 0.292. The molecule has 0 unspecified atom stereocenters. The van der Waals surface area contributed by atoms with E-state index in [9.17, 15) is 18.0 Å². The Balaban J connectivity index is 3.00. The number of rotatable bonds is 2. The highest BCUT2D eigenvalue weighted by molar-refractivity contribution is 5.31. The smallest absolute Gasteiger partial charge is 0.357 e. The Morgan fingerprint density at radius 1 is 1.35 bits per heavy atom. The molecule has 0 spiro atoms. The van der Waals surface area contributed by atoms with Gasteiger partial charge < -0.3 is 9.88 Å². The first-order valence-electron chi connectivity index (χ1n) is 5.00. The van der Waals surface area contributed by atoms with E-state index in [4.69, 9.17) is 0 Å². The van der Waals surface area contributed by atoms with Crippen molar-refractivity contribution in [3.8, 4) is 0 Å². The zero-order chi connectivity index (χ0) is 13.3. The minimum Gasteiger partial charge on any atom is -0.357 e. The van der Waals surface area contributed by atoms with E-state index in [2.05, 4.69) is 4.98 Å². The van der Waals surface area contributed by atoms with Crippen LogP contribution in [0.2, 0.25) is 0 Å². The Hall–Kier alpha value is -1.53. The third-order valence-electron chi connectivity index (χ3n) is 2.02. The minimum atomic E-state index is -4.38. The van der Waals surface area contributed by atoms with Crippen LogP contribution < -0.4 is 10.9 Å². The lowest BCUT2D eigenvalue weighted by atomic mass is 10.1. The summed E-state index contributed by atoms with van der Waals surface area (Å²) < 4.78 is 37.4. The quantitative estimate of drug-likeness (QED) is 0.871. The maximum atomic E-state index is 12.0. The lowest BCUT2D eigenvalue weighted by molar-refractivity contribution is -0.115. The van der Waals surface area contributed by atoms with Gasteiger partial charge in [0, 0.05) is 17.9 Å². The molecule has 0 aliphatic rings. The SMILES string of the molecule is CC(C)(C)n1ccnc(NCC(F)(F)F)c1=O. The van der Waals surface area contributed by atoms with Crippen molar-refractivity contribution in [3.63, 3.8) is 0 Å². The second-order valence-electron chi connectivity index (χ2n) is 4.59. The van der Waals surface area contributed by atoms with Gasteiger partial charge in [0.2, 0.25) is 0 Å². The van der Waals surface area contributed by atoms with Gasteiger partial charge >= 0.3 is 6.18 Å². The van der Waals surface area contributed by atoms with Crippen LogP contribution in [0.3, 0.4) is 0 Å². The van der Waals surface area contributed by atoms with Crippen LogP contribution in [0, 0.1) is 0 Å². The standard InChI is InChI=1S/C10H14F3N3O/c1-9(2,3)16-5-4-14-7(8(16)17)15-6-10(11,12)13/h4-5H,6H2,1-3H3,(H,14,15). The molecule has 0 radical (unpaired) electrons. The molecule has 4 nitrogen and oxygen atoms in total. The van der Waals surface area contributed by atoms with Crippen molar-refractivity contribution >= 4 is 5.82 Å². The average molecular weight is 249 g/mol. The summed E-state index contributed by atoms with van der Waals surface area (Å²) in [6.45, 7) is 4.06. The van der Waals surface area contributed by atoms with Gasteiger partial charge in [-0.3, -0.25) is 4.79 Å². The molecule has 0 saturated heterocycles. The van der Waals surface area contributed by atoms with E-state index in [1.165, 1.54) is 17.0 Å². The van der Waals surface area contributed by atoms with Crippen molar-refractivity contribution in [2.24, 2.45) is 0 Å². The van der Waals surface area contributed by atoms with E-state index in [1.54, 1.807) is 20.8 Å². The van der Waals surface area contributed by atoms with Crippen LogP contribution in [0.15, 0.2) is 17.2 Å². The number of hydrogen-bond acceptors (Lipinski definition) is 3. The van der Waals surface area contributed by atoms with Crippen molar-refractivity contribution in [1.29, 1.82) is 0 Å². The van der Waals surface area contributed by atoms with Crippen molar-refractivity contribution in [2.45, 2.75) is 32.5 Å². The second kappa shape index (κ2) is 4.38. The molecule has 0 bridgehead atoms. The fourth-order valence-electron chi connectivity index (χ4n) is 1.24. The van der Waals surface area contributed by atoms with Gasteiger partial charge in [-0.1, -0.05) is 0 Å². The summed E-state index contributed by atoms with van der Waals surface area (Å²) in [7, 11) is 0. The van der Waals surface area contributed by atoms with E-state index >= 15 is 0 Å². The topological polar surface area (TPSA) is 46.9 Å². The van der Waals surface area contributed by atoms with E-state index in [-0.39, 0.29) is 5.82 Å². The zero-order valence-electron chi connectivity index (χ0n) is 9.80. The molecule has 1 aromatic rings. The summed E-state index contributed by atoms with van der Waals surface area (Å²) in [6, 6.07) is 0. The molecular formula is C10H14F3N3O. The first kappa shape index (κ1) is 13.5. The van der Waals surface area contributed by atoms with E-state index in [1.807, 2.05) is 5.32 Å². The van der Waals surface area contributed by atoms with E-state index in [0.29, 0.717) is 0 Å². The van der Waals surface area contributed by atoms with Crippen molar-refractivity contribution < 1.29 is 13.2 Å². The number of halogens is 3. The molecule has 0 atom stereocenters. The number of hydrogen-bond donors (Lipinski definition) is 1. The predicted molar refractivity (Wildman–Crippen MR) is 58.0 cm³/mol. The van der Waals surface area contributed by atoms with Crippen LogP contribution in [0.1, 0.15) is 20.8 Å². The van der Waals surface area contributed by atoms with Crippen LogP contribution in [0.5, 0.6) is 0 Å². The highest BCUT2D eigenvalue weighted by Crippen LogP contribution is 2.15. The lowest BCUT2D eigenvalue weighted by Gasteiger charge is -2.22. The van der Waals surface area contributed by atoms with Crippen molar-refractivity contribution in [1.82, 2.24) is 9.55 Å². The van der Waals surface area contributed by atoms with E-state index in [0.717, 1.165) is 0 Å². The summed E-state index contributed by atoms with van der Waals surface area (Å²) in [5, 5.41) is 2.00. The van der Waals surface area contributed by atoms with Crippen LogP contribution in [-0.4, -0.2) is 22.3 Å². The van der Waals surface area contributed by atoms with Crippen molar-refractivity contribution in [3.05, 3.63) is 22.7 Å². The Morgan fingerprint density at radius 3 is 2.41 bits per heavy atom. The maximum absolute atomic E-state index is 12.0. The summed E-state index contributed by atoms with van der Waals surface area (Å²) in [5.41, 5.74) is -1.07. The van der Waals surface area contributed by atoms with Gasteiger partial charge in [0.15, 0.2) is 5.82 Å². The van der Waals surface area contributed by atoms with Gasteiger partial charge in [0.05, 0.1) is 0 Å². The zero-order valence-corrected chi connectivity index (χ0v) is 9.80. The van der Waals surface area contributed by atoms with Crippen molar-refractivity contribution in [2.75, 3.05) is 11.9 Å². The predicted octanol–water partition coefficient (Wildman–Crippen LogP) is 1.97. The Morgan fingerprint density at radius 2 is 1.94 bits per heavy atom. The first-order valence-corrected chi connectivity index (χ1v) is 5.00. The molecule has 1 N–H and O–H groups in total. The fourth-order valence-corrected chi connectivity index (χ4v) is 1.24. The monoisotopic (exact) mass is 249 g/mol. The second-order valence-corrected chi connectivity index (χ2v) is 4.59. The van der Waals surface area contributed by atoms with Gasteiger partial charge in [-0.2, -0.15) is 13.2 Å². The molecule has 0 aliphatic carbocycles. The maximum Gasteiger partial charge on any atom is 0.405 e. The molecule has 0 saturated carbocycles. The molecular weight excluding hydrogens is 235 g/mol. The molecule has 7 heteroatoms. The third kappa shape index (κ3) is 3.76. The van der Waals surface area contributed by atoms with Gasteiger partial charge in [-0.05, 0) is 20.8 Å². The molecule has 1 heterocycles. The van der Waals surface area contributed by atoms with Gasteiger partial charge in [-0.25, -0.2) is 4.98 Å². The average Bonchev–Trinajstić information content (AvgIpc) is 2.13. The summed E-state index contributed by atoms with van der Waals surface area (Å²) >= 11 is 0. The molecule has 1 aromatic heterocycles. The molecule has 0 aliphatic heterocycles. The van der Waals surface area contributed by atoms with E-state index < -0.39 is 23.8 Å². The molecule has 0 fully saturated rings. The van der Waals surface area contributed by atoms with Crippen LogP contribution in [0.25, 0.3) is 0 Å². The highest BCUT2D eigenvalue weighted by Gasteiger charge is 2.27. The highest BCUT2D eigenvalue weighted by atomic mass is 19.4.